The molecule has 0 saturated heterocycles. The maximum atomic E-state index is 12.9. The van der Waals surface area contributed by atoms with Crippen LogP contribution in [0.3, 0.4) is 0 Å². The number of carbonyl (C=O) groups is 2. The van der Waals surface area contributed by atoms with Gasteiger partial charge in [-0.2, -0.15) is 0 Å². The van der Waals surface area contributed by atoms with Gasteiger partial charge < -0.3 is 5.32 Å². The lowest BCUT2D eigenvalue weighted by atomic mass is 10.1. The average Bonchev–Trinajstić information content (AvgIpc) is 3.15. The Kier molecular flexibility index (Phi) is 6.56. The predicted molar refractivity (Wildman–Crippen MR) is 112 cm³/mol. The summed E-state index contributed by atoms with van der Waals surface area (Å²) in [5.41, 5.74) is 1.77. The van der Waals surface area contributed by atoms with Crippen molar-refractivity contribution >= 4 is 41.3 Å². The first kappa shape index (κ1) is 20.5. The van der Waals surface area contributed by atoms with Gasteiger partial charge in [0.15, 0.2) is 5.78 Å². The fraction of sp³-hybridized carbons (Fsp3) is 0.143. The monoisotopic (exact) mass is 410 g/mol. The number of hydrogen-bond donors (Lipinski definition) is 2. The summed E-state index contributed by atoms with van der Waals surface area (Å²) in [6.07, 6.45) is 3.50. The maximum absolute atomic E-state index is 12.9. The van der Waals surface area contributed by atoms with Gasteiger partial charge in [-0.15, -0.1) is 5.10 Å². The lowest BCUT2D eigenvalue weighted by Gasteiger charge is -2.12. The standard InChI is InChI=1S/C21H19FN4O2S/c1-13(27)17-5-3-4-6-18(17)23-20(28)14(2)29-21-24-19(25-26-21)12-9-15-7-10-16(22)11-8-15/h3-12,14H,1-2H3,(H,23,28)(H,24,25,26)/b12-9+. The molecule has 2 N–H and O–H groups in total. The van der Waals surface area contributed by atoms with Crippen LogP contribution in [0.25, 0.3) is 12.2 Å². The van der Waals surface area contributed by atoms with Crippen LogP contribution in [0.4, 0.5) is 10.1 Å². The van der Waals surface area contributed by atoms with Gasteiger partial charge in [-0.1, -0.05) is 42.1 Å². The van der Waals surface area contributed by atoms with Crippen LogP contribution in [-0.2, 0) is 4.79 Å². The number of para-hydroxylation sites is 1. The van der Waals surface area contributed by atoms with E-state index in [0.29, 0.717) is 22.2 Å². The first-order valence-corrected chi connectivity index (χ1v) is 9.74. The Bertz CT molecular complexity index is 1050. The van der Waals surface area contributed by atoms with Crippen LogP contribution in [-0.4, -0.2) is 32.1 Å². The van der Waals surface area contributed by atoms with Gasteiger partial charge in [0.05, 0.1) is 10.9 Å². The first-order valence-electron chi connectivity index (χ1n) is 8.86. The molecule has 1 heterocycles. The van der Waals surface area contributed by atoms with Gasteiger partial charge in [0.2, 0.25) is 11.1 Å². The molecule has 6 nitrogen and oxygen atoms in total. The number of halogens is 1. The summed E-state index contributed by atoms with van der Waals surface area (Å²) in [6, 6.07) is 12.9. The van der Waals surface area contributed by atoms with E-state index in [1.807, 2.05) is 0 Å². The zero-order chi connectivity index (χ0) is 20.8. The van der Waals surface area contributed by atoms with Crippen LogP contribution in [0.5, 0.6) is 0 Å². The van der Waals surface area contributed by atoms with Crippen LogP contribution in [0, 0.1) is 5.82 Å². The third-order valence-electron chi connectivity index (χ3n) is 4.00. The van der Waals surface area contributed by atoms with E-state index >= 15 is 0 Å². The smallest absolute Gasteiger partial charge is 0.237 e. The van der Waals surface area contributed by atoms with Crippen molar-refractivity contribution in [2.24, 2.45) is 0 Å². The highest BCUT2D eigenvalue weighted by Gasteiger charge is 2.18. The molecule has 0 saturated carbocycles. The number of aromatic amines is 1. The largest absolute Gasteiger partial charge is 0.324 e. The lowest BCUT2D eigenvalue weighted by Crippen LogP contribution is -2.23. The van der Waals surface area contributed by atoms with Crippen molar-refractivity contribution in [1.82, 2.24) is 15.2 Å². The van der Waals surface area contributed by atoms with Crippen molar-refractivity contribution in [2.75, 3.05) is 5.32 Å². The maximum Gasteiger partial charge on any atom is 0.237 e. The zero-order valence-corrected chi connectivity index (χ0v) is 16.7. The molecule has 29 heavy (non-hydrogen) atoms. The fourth-order valence-corrected chi connectivity index (χ4v) is 3.21. The van der Waals surface area contributed by atoms with Crippen LogP contribution in [0.15, 0.2) is 53.7 Å². The molecular formula is C21H19FN4O2S. The van der Waals surface area contributed by atoms with Crippen molar-refractivity contribution in [1.29, 1.82) is 0 Å². The molecule has 0 aliphatic rings. The molecule has 0 bridgehead atoms. The molecule has 0 aliphatic carbocycles. The molecule has 1 amide bonds. The third-order valence-corrected chi connectivity index (χ3v) is 4.96. The molecule has 0 radical (unpaired) electrons. The molecule has 148 valence electrons. The molecule has 1 unspecified atom stereocenters. The second kappa shape index (κ2) is 9.29. The van der Waals surface area contributed by atoms with Gasteiger partial charge in [-0.3, -0.25) is 14.7 Å². The van der Waals surface area contributed by atoms with E-state index in [4.69, 9.17) is 0 Å². The number of benzene rings is 2. The Labute approximate surface area is 171 Å². The summed E-state index contributed by atoms with van der Waals surface area (Å²) in [4.78, 5) is 28.5. The molecule has 3 rings (SSSR count). The lowest BCUT2D eigenvalue weighted by molar-refractivity contribution is -0.115. The number of aromatic nitrogens is 3. The number of H-pyrrole nitrogens is 1. The van der Waals surface area contributed by atoms with Crippen molar-refractivity contribution < 1.29 is 14.0 Å². The Morgan fingerprint density at radius 1 is 1.14 bits per heavy atom. The summed E-state index contributed by atoms with van der Waals surface area (Å²) >= 11 is 1.20. The molecule has 3 aromatic rings. The number of nitrogens with zero attached hydrogens (tertiary/aromatic N) is 2. The van der Waals surface area contributed by atoms with Gasteiger partial charge in [-0.25, -0.2) is 9.37 Å². The molecule has 0 aliphatic heterocycles. The van der Waals surface area contributed by atoms with Gasteiger partial charge in [0.1, 0.15) is 11.6 Å². The number of thioether (sulfide) groups is 1. The van der Waals surface area contributed by atoms with E-state index in [-0.39, 0.29) is 17.5 Å². The van der Waals surface area contributed by atoms with Gasteiger partial charge in [0, 0.05) is 5.56 Å². The molecule has 0 fully saturated rings. The zero-order valence-electron chi connectivity index (χ0n) is 15.8. The number of hydrogen-bond acceptors (Lipinski definition) is 5. The fourth-order valence-electron chi connectivity index (χ4n) is 2.48. The van der Waals surface area contributed by atoms with Crippen LogP contribution in [0.2, 0.25) is 0 Å². The van der Waals surface area contributed by atoms with E-state index in [1.165, 1.54) is 30.8 Å². The molecular weight excluding hydrogens is 391 g/mol. The number of anilines is 1. The third kappa shape index (κ3) is 5.61. The van der Waals surface area contributed by atoms with E-state index in [0.717, 1.165) is 5.56 Å². The predicted octanol–water partition coefficient (Wildman–Crippen LogP) is 4.44. The second-order valence-corrected chi connectivity index (χ2v) is 7.55. The number of carbonyl (C=O) groups excluding carboxylic acids is 2. The molecule has 1 aromatic heterocycles. The number of ketones is 1. The molecule has 2 aromatic carbocycles. The summed E-state index contributed by atoms with van der Waals surface area (Å²) < 4.78 is 12.9. The van der Waals surface area contributed by atoms with Crippen LogP contribution >= 0.6 is 11.8 Å². The molecule has 1 atom stereocenters. The Balaban J connectivity index is 1.61. The number of rotatable bonds is 7. The molecule has 0 spiro atoms. The molecule has 8 heteroatoms. The minimum absolute atomic E-state index is 0.118. The normalized spacial score (nSPS) is 12.1. The number of Topliss-reactive ketones (excluding diaryl/α,β-unsaturated/α-hetero) is 1. The highest BCUT2D eigenvalue weighted by atomic mass is 32.2. The van der Waals surface area contributed by atoms with Crippen molar-refractivity contribution in [3.05, 3.63) is 71.3 Å². The number of nitrogens with one attached hydrogen (secondary N) is 2. The van der Waals surface area contributed by atoms with Crippen molar-refractivity contribution in [2.45, 2.75) is 24.3 Å². The van der Waals surface area contributed by atoms with Gasteiger partial charge >= 0.3 is 0 Å². The minimum atomic E-state index is -0.472. The Hall–Kier alpha value is -3.26. The summed E-state index contributed by atoms with van der Waals surface area (Å²) in [5, 5.41) is 9.61. The average molecular weight is 410 g/mol. The minimum Gasteiger partial charge on any atom is -0.324 e. The Morgan fingerprint density at radius 3 is 2.59 bits per heavy atom. The first-order chi connectivity index (χ1) is 13.9. The summed E-state index contributed by atoms with van der Waals surface area (Å²) in [6.45, 7) is 3.19. The summed E-state index contributed by atoms with van der Waals surface area (Å²) in [7, 11) is 0. The van der Waals surface area contributed by atoms with Crippen LogP contribution in [0.1, 0.15) is 35.6 Å². The number of amides is 1. The highest BCUT2D eigenvalue weighted by Crippen LogP contribution is 2.22. The Morgan fingerprint density at radius 2 is 1.86 bits per heavy atom. The quantitative estimate of drug-likeness (QED) is 0.444. The van der Waals surface area contributed by atoms with E-state index in [2.05, 4.69) is 20.5 Å². The van der Waals surface area contributed by atoms with Gasteiger partial charge in [0.25, 0.3) is 0 Å². The second-order valence-electron chi connectivity index (χ2n) is 6.24. The van der Waals surface area contributed by atoms with E-state index < -0.39 is 5.25 Å². The van der Waals surface area contributed by atoms with Gasteiger partial charge in [-0.05, 0) is 49.8 Å². The van der Waals surface area contributed by atoms with Crippen molar-refractivity contribution in [3.63, 3.8) is 0 Å². The SMILES string of the molecule is CC(=O)c1ccccc1NC(=O)C(C)Sc1n[nH]c(/C=C/c2ccc(F)cc2)n1. The van der Waals surface area contributed by atoms with E-state index in [1.54, 1.807) is 55.5 Å². The highest BCUT2D eigenvalue weighted by molar-refractivity contribution is 8.00. The van der Waals surface area contributed by atoms with Crippen molar-refractivity contribution in [3.8, 4) is 0 Å². The van der Waals surface area contributed by atoms with E-state index in [9.17, 15) is 14.0 Å². The summed E-state index contributed by atoms with van der Waals surface area (Å²) in [5.74, 6) is -0.144. The van der Waals surface area contributed by atoms with Crippen LogP contribution < -0.4 is 5.32 Å². The topological polar surface area (TPSA) is 87.7 Å².